The van der Waals surface area contributed by atoms with Gasteiger partial charge in [-0.15, -0.1) is 0 Å². The molecule has 0 heterocycles. The maximum Gasteiger partial charge on any atom is 0.252 e. The minimum absolute atomic E-state index is 0.0395. The second-order valence-corrected chi connectivity index (χ2v) is 4.94. The number of halogens is 3. The second-order valence-electron chi connectivity index (χ2n) is 4.03. The molecule has 2 rings (SSSR count). The van der Waals surface area contributed by atoms with Crippen LogP contribution >= 0.6 is 15.9 Å². The van der Waals surface area contributed by atoms with Crippen molar-refractivity contribution < 1.29 is 13.9 Å². The van der Waals surface area contributed by atoms with Crippen molar-refractivity contribution in [3.05, 3.63) is 28.2 Å². The molecule has 0 amide bonds. The van der Waals surface area contributed by atoms with Gasteiger partial charge in [-0.05, 0) is 12.1 Å². The first-order valence-electron chi connectivity index (χ1n) is 4.48. The molecule has 3 N–H and O–H groups in total. The Morgan fingerprint density at radius 1 is 1.33 bits per heavy atom. The molecule has 1 aromatic carbocycles. The molecule has 1 aliphatic carbocycles. The Labute approximate surface area is 94.2 Å². The Balaban J connectivity index is 2.32. The number of phenols is 1. The maximum absolute atomic E-state index is 12.8. The lowest BCUT2D eigenvalue weighted by Gasteiger charge is -2.45. The predicted octanol–water partition coefficient (Wildman–Crippen LogP) is 2.74. The molecule has 1 aromatic rings. The Morgan fingerprint density at radius 2 is 1.93 bits per heavy atom. The lowest BCUT2D eigenvalue weighted by atomic mass is 9.69. The molecule has 0 aliphatic heterocycles. The fourth-order valence-electron chi connectivity index (χ4n) is 1.99. The number of hydrogen-bond acceptors (Lipinski definition) is 2. The summed E-state index contributed by atoms with van der Waals surface area (Å²) in [5, 5.41) is 9.61. The van der Waals surface area contributed by atoms with Crippen LogP contribution in [0.5, 0.6) is 5.75 Å². The summed E-state index contributed by atoms with van der Waals surface area (Å²) in [4.78, 5) is 0. The highest BCUT2D eigenvalue weighted by Gasteiger charge is 2.56. The van der Waals surface area contributed by atoms with Gasteiger partial charge in [-0.2, -0.15) is 0 Å². The predicted molar refractivity (Wildman–Crippen MR) is 55.9 cm³/mol. The largest absolute Gasteiger partial charge is 0.508 e. The molecular weight excluding hydrogens is 268 g/mol. The molecule has 0 saturated heterocycles. The van der Waals surface area contributed by atoms with E-state index in [1.54, 1.807) is 12.1 Å². The number of phenolic OH excluding ortho intramolecular Hbond substituents is 1. The van der Waals surface area contributed by atoms with E-state index in [2.05, 4.69) is 15.9 Å². The summed E-state index contributed by atoms with van der Waals surface area (Å²) in [7, 11) is 0. The van der Waals surface area contributed by atoms with Crippen molar-refractivity contribution in [2.75, 3.05) is 0 Å². The zero-order chi connectivity index (χ0) is 11.3. The van der Waals surface area contributed by atoms with Crippen LogP contribution in [0.2, 0.25) is 0 Å². The molecule has 15 heavy (non-hydrogen) atoms. The molecular formula is C10H10BrF2NO. The molecule has 2 nitrogen and oxygen atoms in total. The maximum atomic E-state index is 12.8. The van der Waals surface area contributed by atoms with Crippen molar-refractivity contribution in [3.63, 3.8) is 0 Å². The Kier molecular flexibility index (Phi) is 2.28. The van der Waals surface area contributed by atoms with Crippen LogP contribution in [-0.4, -0.2) is 11.0 Å². The summed E-state index contributed by atoms with van der Waals surface area (Å²) in [6, 6.07) is 4.72. The molecule has 0 radical (unpaired) electrons. The summed E-state index contributed by atoms with van der Waals surface area (Å²) in [5.74, 6) is -2.74. The number of aromatic hydroxyl groups is 1. The summed E-state index contributed by atoms with van der Waals surface area (Å²) < 4.78 is 26.2. The summed E-state index contributed by atoms with van der Waals surface area (Å²) in [5.41, 5.74) is 5.09. The highest BCUT2D eigenvalue weighted by atomic mass is 79.9. The van der Waals surface area contributed by atoms with Crippen LogP contribution in [0.4, 0.5) is 8.78 Å². The molecule has 0 aromatic heterocycles. The minimum Gasteiger partial charge on any atom is -0.508 e. The quantitative estimate of drug-likeness (QED) is 0.829. The Bertz CT molecular complexity index is 400. The van der Waals surface area contributed by atoms with E-state index in [4.69, 9.17) is 5.73 Å². The molecule has 0 spiro atoms. The summed E-state index contributed by atoms with van der Waals surface area (Å²) in [6.07, 6.45) is -0.815. The topological polar surface area (TPSA) is 46.2 Å². The first-order valence-corrected chi connectivity index (χ1v) is 5.27. The zero-order valence-electron chi connectivity index (χ0n) is 7.80. The smallest absolute Gasteiger partial charge is 0.252 e. The van der Waals surface area contributed by atoms with Gasteiger partial charge in [0, 0.05) is 22.9 Å². The third-order valence-electron chi connectivity index (χ3n) is 2.64. The van der Waals surface area contributed by atoms with Gasteiger partial charge in [0.05, 0.1) is 5.54 Å². The molecule has 0 bridgehead atoms. The highest BCUT2D eigenvalue weighted by Crippen LogP contribution is 2.51. The Morgan fingerprint density at radius 3 is 2.40 bits per heavy atom. The third kappa shape index (κ3) is 1.86. The zero-order valence-corrected chi connectivity index (χ0v) is 9.39. The number of rotatable bonds is 1. The molecule has 5 heteroatoms. The van der Waals surface area contributed by atoms with Gasteiger partial charge in [0.1, 0.15) is 5.75 Å². The van der Waals surface area contributed by atoms with Crippen LogP contribution in [0.1, 0.15) is 18.4 Å². The van der Waals surface area contributed by atoms with Crippen molar-refractivity contribution in [1.29, 1.82) is 0 Å². The normalized spacial score (nSPS) is 22.1. The van der Waals surface area contributed by atoms with Gasteiger partial charge in [0.25, 0.3) is 5.92 Å². The molecule has 1 saturated carbocycles. The van der Waals surface area contributed by atoms with Gasteiger partial charge in [0.15, 0.2) is 0 Å². The lowest BCUT2D eigenvalue weighted by Crippen LogP contribution is -2.55. The standard InChI is InChI=1S/C10H10BrF2NO/c11-6-1-2-7(8(15)3-6)9(14)4-10(12,13)5-9/h1-3,15H,4-5,14H2. The number of nitrogens with two attached hydrogens (primary N) is 1. The Hall–Kier alpha value is -0.680. The van der Waals surface area contributed by atoms with Crippen molar-refractivity contribution in [3.8, 4) is 5.75 Å². The van der Waals surface area contributed by atoms with Crippen LogP contribution in [0, 0.1) is 0 Å². The van der Waals surface area contributed by atoms with Gasteiger partial charge in [-0.25, -0.2) is 8.78 Å². The lowest BCUT2D eigenvalue weighted by molar-refractivity contribution is -0.125. The van der Waals surface area contributed by atoms with E-state index in [0.717, 1.165) is 0 Å². The fraction of sp³-hybridized carbons (Fsp3) is 0.400. The van der Waals surface area contributed by atoms with Gasteiger partial charge >= 0.3 is 0 Å². The molecule has 1 fully saturated rings. The van der Waals surface area contributed by atoms with Gasteiger partial charge in [-0.3, -0.25) is 0 Å². The van der Waals surface area contributed by atoms with Crippen molar-refractivity contribution in [2.24, 2.45) is 5.73 Å². The second kappa shape index (κ2) is 3.15. The van der Waals surface area contributed by atoms with Gasteiger partial charge in [0.2, 0.25) is 0 Å². The van der Waals surface area contributed by atoms with E-state index in [9.17, 15) is 13.9 Å². The molecule has 0 unspecified atom stereocenters. The van der Waals surface area contributed by atoms with E-state index in [1.807, 2.05) is 0 Å². The van der Waals surface area contributed by atoms with Crippen molar-refractivity contribution in [1.82, 2.24) is 0 Å². The first kappa shape index (κ1) is 10.8. The van der Waals surface area contributed by atoms with Crippen molar-refractivity contribution >= 4 is 15.9 Å². The summed E-state index contributed by atoms with van der Waals surface area (Å²) >= 11 is 3.18. The van der Waals surface area contributed by atoms with Crippen LogP contribution in [0.25, 0.3) is 0 Å². The molecule has 1 aliphatic rings. The SMILES string of the molecule is NC1(c2ccc(Br)cc2O)CC(F)(F)C1. The highest BCUT2D eigenvalue weighted by molar-refractivity contribution is 9.10. The van der Waals surface area contributed by atoms with Crippen LogP contribution in [0.15, 0.2) is 22.7 Å². The van der Waals surface area contributed by atoms with Crippen LogP contribution in [0.3, 0.4) is 0 Å². The van der Waals surface area contributed by atoms with Crippen molar-refractivity contribution in [2.45, 2.75) is 24.3 Å². The van der Waals surface area contributed by atoms with E-state index in [1.165, 1.54) is 6.07 Å². The average Bonchev–Trinajstić information content (AvgIpc) is 1.98. The number of benzene rings is 1. The molecule has 0 atom stereocenters. The number of hydrogen-bond donors (Lipinski definition) is 2. The third-order valence-corrected chi connectivity index (χ3v) is 3.14. The first-order chi connectivity index (χ1) is 6.82. The minimum atomic E-state index is -2.70. The van der Waals surface area contributed by atoms with Gasteiger partial charge in [-0.1, -0.05) is 22.0 Å². The fourth-order valence-corrected chi connectivity index (χ4v) is 2.34. The average molecular weight is 278 g/mol. The van der Waals surface area contributed by atoms with Gasteiger partial charge < -0.3 is 10.8 Å². The van der Waals surface area contributed by atoms with Crippen LogP contribution in [-0.2, 0) is 5.54 Å². The molecule has 82 valence electrons. The monoisotopic (exact) mass is 277 g/mol. The van der Waals surface area contributed by atoms with E-state index < -0.39 is 24.3 Å². The van der Waals surface area contributed by atoms with E-state index in [0.29, 0.717) is 10.0 Å². The summed E-state index contributed by atoms with van der Waals surface area (Å²) in [6.45, 7) is 0. The van der Waals surface area contributed by atoms with E-state index >= 15 is 0 Å². The van der Waals surface area contributed by atoms with E-state index in [-0.39, 0.29) is 5.75 Å². The number of alkyl halides is 2. The van der Waals surface area contributed by atoms with Crippen LogP contribution < -0.4 is 5.73 Å².